The molecule has 0 aliphatic carbocycles. The maximum atomic E-state index is 13.3. The van der Waals surface area contributed by atoms with E-state index in [1.165, 1.54) is 15.9 Å². The highest BCUT2D eigenvalue weighted by molar-refractivity contribution is 6.30. The van der Waals surface area contributed by atoms with Crippen molar-refractivity contribution in [3.05, 3.63) is 59.1 Å². The van der Waals surface area contributed by atoms with Crippen molar-refractivity contribution in [1.29, 1.82) is 0 Å². The van der Waals surface area contributed by atoms with Crippen LogP contribution in [0.25, 0.3) is 0 Å². The molecule has 8 heteroatoms. The third kappa shape index (κ3) is 3.88. The van der Waals surface area contributed by atoms with E-state index in [-0.39, 0.29) is 24.7 Å². The zero-order chi connectivity index (χ0) is 18.0. The van der Waals surface area contributed by atoms with E-state index in [4.69, 9.17) is 11.6 Å². The minimum Gasteiger partial charge on any atom is -0.325 e. The van der Waals surface area contributed by atoms with E-state index in [0.29, 0.717) is 17.3 Å². The van der Waals surface area contributed by atoms with Crippen LogP contribution in [0.4, 0.5) is 25.0 Å². The standard InChI is InChI=1S/C17H14ClF2N3O2/c18-11-1-3-12(4-2-11)21-16(24)10-22-7-8-23(17(22)25)13-5-6-14(19)15(20)9-13/h1-6,9H,7-8,10H2,(H,21,24). The molecule has 0 spiro atoms. The highest BCUT2D eigenvalue weighted by atomic mass is 35.5. The van der Waals surface area contributed by atoms with Gasteiger partial charge in [-0.15, -0.1) is 0 Å². The normalized spacial score (nSPS) is 14.1. The third-order valence-corrected chi connectivity index (χ3v) is 4.02. The van der Waals surface area contributed by atoms with Crippen LogP contribution in [0, 0.1) is 11.6 Å². The lowest BCUT2D eigenvalue weighted by Gasteiger charge is -2.18. The van der Waals surface area contributed by atoms with Gasteiger partial charge < -0.3 is 10.2 Å². The Morgan fingerprint density at radius 1 is 1.08 bits per heavy atom. The van der Waals surface area contributed by atoms with E-state index < -0.39 is 17.7 Å². The van der Waals surface area contributed by atoms with Gasteiger partial charge in [-0.05, 0) is 36.4 Å². The second-order valence-corrected chi connectivity index (χ2v) is 5.95. The quantitative estimate of drug-likeness (QED) is 0.901. The van der Waals surface area contributed by atoms with E-state index >= 15 is 0 Å². The summed E-state index contributed by atoms with van der Waals surface area (Å²) >= 11 is 5.78. The van der Waals surface area contributed by atoms with Crippen LogP contribution in [0.2, 0.25) is 5.02 Å². The van der Waals surface area contributed by atoms with Crippen LogP contribution in [-0.2, 0) is 4.79 Å². The SMILES string of the molecule is O=C(CN1CCN(c2ccc(F)c(F)c2)C1=O)Nc1ccc(Cl)cc1. The molecule has 5 nitrogen and oxygen atoms in total. The van der Waals surface area contributed by atoms with Gasteiger partial charge in [-0.3, -0.25) is 9.69 Å². The first kappa shape index (κ1) is 17.2. The average molecular weight is 366 g/mol. The fourth-order valence-corrected chi connectivity index (χ4v) is 2.65. The molecule has 1 heterocycles. The van der Waals surface area contributed by atoms with Crippen molar-refractivity contribution in [2.45, 2.75) is 0 Å². The van der Waals surface area contributed by atoms with Crippen molar-refractivity contribution < 1.29 is 18.4 Å². The van der Waals surface area contributed by atoms with E-state index in [0.717, 1.165) is 12.1 Å². The van der Waals surface area contributed by atoms with Crippen LogP contribution < -0.4 is 10.2 Å². The molecule has 2 aromatic carbocycles. The summed E-state index contributed by atoms with van der Waals surface area (Å²) in [5.41, 5.74) is 0.822. The minimum absolute atomic E-state index is 0.137. The Kier molecular flexibility index (Phi) is 4.85. The summed E-state index contributed by atoms with van der Waals surface area (Å²) in [7, 11) is 0. The number of carbonyl (C=O) groups is 2. The highest BCUT2D eigenvalue weighted by Crippen LogP contribution is 2.22. The van der Waals surface area contributed by atoms with E-state index in [1.807, 2.05) is 0 Å². The predicted molar refractivity (Wildman–Crippen MR) is 90.8 cm³/mol. The maximum Gasteiger partial charge on any atom is 0.325 e. The van der Waals surface area contributed by atoms with Gasteiger partial charge >= 0.3 is 6.03 Å². The first-order chi connectivity index (χ1) is 11.9. The molecule has 0 atom stereocenters. The number of urea groups is 1. The summed E-state index contributed by atoms with van der Waals surface area (Å²) in [5, 5.41) is 3.22. The summed E-state index contributed by atoms with van der Waals surface area (Å²) in [5.74, 6) is -2.36. The largest absolute Gasteiger partial charge is 0.325 e. The van der Waals surface area contributed by atoms with Crippen LogP contribution in [0.5, 0.6) is 0 Å². The number of hydrogen-bond donors (Lipinski definition) is 1. The van der Waals surface area contributed by atoms with Crippen molar-refractivity contribution in [3.8, 4) is 0 Å². The Morgan fingerprint density at radius 2 is 1.80 bits per heavy atom. The number of rotatable bonds is 4. The van der Waals surface area contributed by atoms with Crippen molar-refractivity contribution in [1.82, 2.24) is 4.90 Å². The van der Waals surface area contributed by atoms with E-state index in [1.54, 1.807) is 24.3 Å². The van der Waals surface area contributed by atoms with Crippen molar-refractivity contribution in [2.75, 3.05) is 29.9 Å². The fraction of sp³-hybridized carbons (Fsp3) is 0.176. The van der Waals surface area contributed by atoms with Crippen LogP contribution in [0.1, 0.15) is 0 Å². The summed E-state index contributed by atoms with van der Waals surface area (Å²) in [6, 6.07) is 9.41. The molecule has 130 valence electrons. The Hall–Kier alpha value is -2.67. The topological polar surface area (TPSA) is 52.7 Å². The van der Waals surface area contributed by atoms with Gasteiger partial charge in [-0.25, -0.2) is 13.6 Å². The third-order valence-electron chi connectivity index (χ3n) is 3.77. The molecule has 1 N–H and O–H groups in total. The number of benzene rings is 2. The first-order valence-electron chi connectivity index (χ1n) is 7.51. The number of amides is 3. The summed E-state index contributed by atoms with van der Waals surface area (Å²) in [6.07, 6.45) is 0. The number of anilines is 2. The molecule has 2 aromatic rings. The summed E-state index contributed by atoms with van der Waals surface area (Å²) < 4.78 is 26.4. The molecule has 3 rings (SSSR count). The number of hydrogen-bond acceptors (Lipinski definition) is 2. The van der Waals surface area contributed by atoms with Gasteiger partial charge in [-0.1, -0.05) is 11.6 Å². The van der Waals surface area contributed by atoms with Gasteiger partial charge in [0.25, 0.3) is 0 Å². The van der Waals surface area contributed by atoms with Crippen LogP contribution in [0.3, 0.4) is 0 Å². The molecular weight excluding hydrogens is 352 g/mol. The summed E-state index contributed by atoms with van der Waals surface area (Å²) in [6.45, 7) is 0.464. The fourth-order valence-electron chi connectivity index (χ4n) is 2.53. The first-order valence-corrected chi connectivity index (χ1v) is 7.89. The molecule has 0 radical (unpaired) electrons. The number of carbonyl (C=O) groups excluding carboxylic acids is 2. The molecule has 1 saturated heterocycles. The average Bonchev–Trinajstić information content (AvgIpc) is 2.93. The molecule has 1 aliphatic rings. The second kappa shape index (κ2) is 7.06. The Labute approximate surface area is 147 Å². The predicted octanol–water partition coefficient (Wildman–Crippen LogP) is 3.50. The van der Waals surface area contributed by atoms with Crippen molar-refractivity contribution in [2.24, 2.45) is 0 Å². The van der Waals surface area contributed by atoms with Crippen LogP contribution in [0.15, 0.2) is 42.5 Å². The van der Waals surface area contributed by atoms with Crippen molar-refractivity contribution >= 4 is 34.9 Å². The summed E-state index contributed by atoms with van der Waals surface area (Å²) in [4.78, 5) is 27.1. The van der Waals surface area contributed by atoms with Crippen LogP contribution in [-0.4, -0.2) is 36.5 Å². The second-order valence-electron chi connectivity index (χ2n) is 5.51. The van der Waals surface area contributed by atoms with Gasteiger partial charge in [0.15, 0.2) is 11.6 Å². The zero-order valence-electron chi connectivity index (χ0n) is 13.0. The maximum absolute atomic E-state index is 13.3. The molecule has 0 unspecified atom stereocenters. The van der Waals surface area contributed by atoms with Crippen molar-refractivity contribution in [3.63, 3.8) is 0 Å². The zero-order valence-corrected chi connectivity index (χ0v) is 13.8. The molecular formula is C17H14ClF2N3O2. The smallest absolute Gasteiger partial charge is 0.325 e. The Morgan fingerprint density at radius 3 is 2.48 bits per heavy atom. The lowest BCUT2D eigenvalue weighted by Crippen LogP contribution is -2.37. The Balaban J connectivity index is 1.62. The van der Waals surface area contributed by atoms with Gasteiger partial charge in [0.1, 0.15) is 6.54 Å². The number of nitrogens with zero attached hydrogens (tertiary/aromatic N) is 2. The molecule has 1 fully saturated rings. The lowest BCUT2D eigenvalue weighted by atomic mass is 10.3. The van der Waals surface area contributed by atoms with Gasteiger partial charge in [0.05, 0.1) is 0 Å². The van der Waals surface area contributed by atoms with Crippen LogP contribution >= 0.6 is 11.6 Å². The molecule has 0 bridgehead atoms. The highest BCUT2D eigenvalue weighted by Gasteiger charge is 2.31. The molecule has 3 amide bonds. The van der Waals surface area contributed by atoms with Gasteiger partial charge in [-0.2, -0.15) is 0 Å². The van der Waals surface area contributed by atoms with Gasteiger partial charge in [0, 0.05) is 35.6 Å². The Bertz CT molecular complexity index is 814. The van der Waals surface area contributed by atoms with E-state index in [2.05, 4.69) is 5.32 Å². The van der Waals surface area contributed by atoms with E-state index in [9.17, 15) is 18.4 Å². The van der Waals surface area contributed by atoms with Gasteiger partial charge in [0.2, 0.25) is 5.91 Å². The monoisotopic (exact) mass is 365 g/mol. The molecule has 25 heavy (non-hydrogen) atoms. The lowest BCUT2D eigenvalue weighted by molar-refractivity contribution is -0.116. The molecule has 0 saturated carbocycles. The number of halogens is 3. The molecule has 1 aliphatic heterocycles. The molecule has 0 aromatic heterocycles. The minimum atomic E-state index is -1.02. The number of nitrogens with one attached hydrogen (secondary N) is 1.